The lowest BCUT2D eigenvalue weighted by Crippen LogP contribution is -2.41. The molecule has 0 aromatic carbocycles. The number of carbonyl (C=O) groups excluding carboxylic acids is 6. The zero-order valence-corrected chi connectivity index (χ0v) is 46.1. The van der Waals surface area contributed by atoms with E-state index in [0.717, 1.165) is 103 Å². The molecule has 0 aliphatic heterocycles. The molecule has 0 heterocycles. The topological polar surface area (TPSA) is 190 Å². The van der Waals surface area contributed by atoms with Gasteiger partial charge in [0.1, 0.15) is 38.6 Å². The summed E-state index contributed by atoms with van der Waals surface area (Å²) in [5.41, 5.74) is -2.85. The molecular weight excluding hydrogens is 923 g/mol. The summed E-state index contributed by atoms with van der Waals surface area (Å²) in [6.07, 6.45) is 15.5. The highest BCUT2D eigenvalue weighted by Crippen LogP contribution is 2.35. The number of hydrogen-bond donors (Lipinski definition) is 1. The van der Waals surface area contributed by atoms with Gasteiger partial charge in [-0.2, -0.15) is 0 Å². The number of aliphatic hydroxyl groups is 1. The molecule has 1 atom stereocenters. The zero-order chi connectivity index (χ0) is 52.9. The lowest BCUT2D eigenvalue weighted by Gasteiger charge is -2.31. The van der Waals surface area contributed by atoms with Crippen LogP contribution in [0.3, 0.4) is 0 Å². The SMILES string of the molecule is CC1CCC(CC(=O)OCC(C)(COC(=O)CCN(CCC(O)OCC(C)(COC(=O)CC2CCC(C)CC2)COC(=O)CC2CCC(C)CC2)C(=O)OC(C)(C)C)COC(=O)CC2CCC(C)CC2)CC1. The Bertz CT molecular complexity index is 1580. The predicted molar refractivity (Wildman–Crippen MR) is 273 cm³/mol. The van der Waals surface area contributed by atoms with E-state index in [-0.39, 0.29) is 113 Å². The van der Waals surface area contributed by atoms with E-state index >= 15 is 0 Å². The number of aliphatic hydroxyl groups excluding tert-OH is 1. The number of carbonyl (C=O) groups is 6. The largest absolute Gasteiger partial charge is 0.465 e. The first-order valence-electron chi connectivity index (χ1n) is 28.0. The van der Waals surface area contributed by atoms with Gasteiger partial charge in [0.15, 0.2) is 6.29 Å². The number of rotatable bonds is 27. The van der Waals surface area contributed by atoms with Gasteiger partial charge < -0.3 is 43.2 Å². The molecule has 15 nitrogen and oxygen atoms in total. The minimum absolute atomic E-state index is 0.0481. The normalized spacial score (nSPS) is 26.9. The van der Waals surface area contributed by atoms with Crippen LogP contribution < -0.4 is 0 Å². The van der Waals surface area contributed by atoms with Gasteiger partial charge in [0.2, 0.25) is 0 Å². The van der Waals surface area contributed by atoms with E-state index in [1.807, 2.05) is 0 Å². The molecule has 4 aliphatic rings. The molecule has 15 heteroatoms. The molecule has 0 radical (unpaired) electrons. The van der Waals surface area contributed by atoms with Crippen LogP contribution in [0, 0.1) is 58.2 Å². The van der Waals surface area contributed by atoms with Crippen molar-refractivity contribution in [2.75, 3.05) is 52.7 Å². The van der Waals surface area contributed by atoms with Gasteiger partial charge in [-0.3, -0.25) is 24.0 Å². The van der Waals surface area contributed by atoms with Crippen LogP contribution in [-0.2, 0) is 57.1 Å². The molecule has 72 heavy (non-hydrogen) atoms. The van der Waals surface area contributed by atoms with E-state index < -0.39 is 34.8 Å². The van der Waals surface area contributed by atoms with Gasteiger partial charge in [-0.1, -0.05) is 86.0 Å². The van der Waals surface area contributed by atoms with Crippen LogP contribution in [0.15, 0.2) is 0 Å². The second-order valence-corrected chi connectivity index (χ2v) is 25.0. The Hall–Kier alpha value is -3.46. The summed E-state index contributed by atoms with van der Waals surface area (Å²) < 4.78 is 40.5. The maximum atomic E-state index is 13.5. The fraction of sp³-hybridized carbons (Fsp3) is 0.895. The maximum absolute atomic E-state index is 13.5. The van der Waals surface area contributed by atoms with Crippen molar-refractivity contribution in [3.8, 4) is 0 Å². The van der Waals surface area contributed by atoms with E-state index in [1.54, 1.807) is 34.6 Å². The molecule has 0 aromatic heterocycles. The highest BCUT2D eigenvalue weighted by Gasteiger charge is 2.35. The Labute approximate surface area is 432 Å². The standard InChI is InChI=1S/C57H97NO14/c1-40-10-18-44(19-11-40)30-50(61)68-36-56(8,37-69-51(62)31-45-20-12-41(2)13-21-45)34-66-48(59)26-28-58(54(65)72-55(5,6)7)29-27-49(60)67-35-57(9,38-70-52(63)32-46-22-14-42(3)15-23-46)39-71-53(64)33-47-24-16-43(4)17-25-47/h40-48,59H,10-39H2,1-9H3. The van der Waals surface area contributed by atoms with Crippen molar-refractivity contribution in [3.63, 3.8) is 0 Å². The molecule has 4 saturated carbocycles. The van der Waals surface area contributed by atoms with Gasteiger partial charge in [0, 0.05) is 45.2 Å². The Morgan fingerprint density at radius 2 is 0.736 bits per heavy atom. The number of hydrogen-bond acceptors (Lipinski definition) is 14. The van der Waals surface area contributed by atoms with Crippen molar-refractivity contribution in [2.24, 2.45) is 58.2 Å². The first kappa shape index (κ1) is 61.1. The second kappa shape index (κ2) is 30.2. The quantitative estimate of drug-likeness (QED) is 0.0464. The predicted octanol–water partition coefficient (Wildman–Crippen LogP) is 10.9. The van der Waals surface area contributed by atoms with Crippen LogP contribution in [0.1, 0.15) is 204 Å². The number of nitrogens with zero attached hydrogens (tertiary/aromatic N) is 1. The average Bonchev–Trinajstić information content (AvgIpc) is 3.32. The zero-order valence-electron chi connectivity index (χ0n) is 46.1. The van der Waals surface area contributed by atoms with Gasteiger partial charge in [0.25, 0.3) is 0 Å². The Kier molecular flexibility index (Phi) is 25.6. The first-order valence-corrected chi connectivity index (χ1v) is 28.0. The van der Waals surface area contributed by atoms with Crippen molar-refractivity contribution in [1.82, 2.24) is 4.90 Å². The summed E-state index contributed by atoms with van der Waals surface area (Å²) >= 11 is 0. The molecule has 4 rings (SSSR count). The molecule has 0 saturated heterocycles. The van der Waals surface area contributed by atoms with Gasteiger partial charge in [0.05, 0.1) is 23.9 Å². The molecule has 0 bridgehead atoms. The molecule has 4 aliphatic carbocycles. The van der Waals surface area contributed by atoms with Crippen LogP contribution in [0.5, 0.6) is 0 Å². The smallest absolute Gasteiger partial charge is 0.410 e. The van der Waals surface area contributed by atoms with E-state index in [2.05, 4.69) is 27.7 Å². The molecule has 1 N–H and O–H groups in total. The summed E-state index contributed by atoms with van der Waals surface area (Å²) in [7, 11) is 0. The van der Waals surface area contributed by atoms with Gasteiger partial charge >= 0.3 is 35.9 Å². The highest BCUT2D eigenvalue weighted by molar-refractivity contribution is 5.73. The fourth-order valence-electron chi connectivity index (χ4n) is 10.4. The number of amides is 1. The van der Waals surface area contributed by atoms with Crippen molar-refractivity contribution in [2.45, 2.75) is 215 Å². The molecule has 0 aromatic rings. The minimum atomic E-state index is -1.38. The molecule has 414 valence electrons. The van der Waals surface area contributed by atoms with Crippen molar-refractivity contribution < 1.29 is 67.0 Å². The molecule has 0 spiro atoms. The summed E-state index contributed by atoms with van der Waals surface area (Å²) in [6.45, 7) is 16.8. The monoisotopic (exact) mass is 1020 g/mol. The van der Waals surface area contributed by atoms with Crippen molar-refractivity contribution in [3.05, 3.63) is 0 Å². The highest BCUT2D eigenvalue weighted by atomic mass is 16.6. The van der Waals surface area contributed by atoms with E-state index in [4.69, 9.17) is 33.2 Å². The summed E-state index contributed by atoms with van der Waals surface area (Å²) in [4.78, 5) is 80.4. The average molecular weight is 1020 g/mol. The number of esters is 5. The molecule has 1 unspecified atom stereocenters. The minimum Gasteiger partial charge on any atom is -0.465 e. The van der Waals surface area contributed by atoms with Crippen LogP contribution in [0.25, 0.3) is 0 Å². The Morgan fingerprint density at radius 3 is 1.04 bits per heavy atom. The van der Waals surface area contributed by atoms with Gasteiger partial charge in [-0.05, 0) is 126 Å². The van der Waals surface area contributed by atoms with Crippen LogP contribution >= 0.6 is 0 Å². The van der Waals surface area contributed by atoms with Crippen LogP contribution in [-0.4, -0.2) is 111 Å². The third-order valence-electron chi connectivity index (χ3n) is 15.8. The van der Waals surface area contributed by atoms with Crippen LogP contribution in [0.2, 0.25) is 0 Å². The molecule has 4 fully saturated rings. The lowest BCUT2D eigenvalue weighted by molar-refractivity contribution is -0.169. The maximum Gasteiger partial charge on any atom is 0.410 e. The summed E-state index contributed by atoms with van der Waals surface area (Å²) in [6, 6.07) is 0. The van der Waals surface area contributed by atoms with Gasteiger partial charge in [-0.25, -0.2) is 4.79 Å². The van der Waals surface area contributed by atoms with E-state index in [9.17, 15) is 33.9 Å². The van der Waals surface area contributed by atoms with E-state index in [1.165, 1.54) is 4.90 Å². The Morgan fingerprint density at radius 1 is 0.444 bits per heavy atom. The van der Waals surface area contributed by atoms with Gasteiger partial charge in [-0.15, -0.1) is 0 Å². The first-order chi connectivity index (χ1) is 33.9. The fourth-order valence-corrected chi connectivity index (χ4v) is 10.4. The van der Waals surface area contributed by atoms with Crippen molar-refractivity contribution in [1.29, 1.82) is 0 Å². The molecule has 1 amide bonds. The molecular formula is C57H97NO14. The third-order valence-corrected chi connectivity index (χ3v) is 15.8. The number of ether oxygens (including phenoxy) is 7. The lowest BCUT2D eigenvalue weighted by atomic mass is 9.81. The second-order valence-electron chi connectivity index (χ2n) is 25.0. The summed E-state index contributed by atoms with van der Waals surface area (Å²) in [5.74, 6) is 1.79. The summed E-state index contributed by atoms with van der Waals surface area (Å²) in [5, 5.41) is 11.2. The Balaban J connectivity index is 1.33. The third kappa shape index (κ3) is 24.7. The van der Waals surface area contributed by atoms with Crippen LogP contribution in [0.4, 0.5) is 4.79 Å². The van der Waals surface area contributed by atoms with Crippen molar-refractivity contribution >= 4 is 35.9 Å². The van der Waals surface area contributed by atoms with E-state index in [0.29, 0.717) is 49.4 Å².